The summed E-state index contributed by atoms with van der Waals surface area (Å²) in [6, 6.07) is 15.3. The number of rotatable bonds is 3. The summed E-state index contributed by atoms with van der Waals surface area (Å²) in [6.07, 6.45) is -4.70. The van der Waals surface area contributed by atoms with Crippen molar-refractivity contribution in [1.82, 2.24) is 0 Å². The van der Waals surface area contributed by atoms with Crippen molar-refractivity contribution in [3.8, 4) is 9.88 Å². The number of thiazole rings is 1. The van der Waals surface area contributed by atoms with Gasteiger partial charge in [0.15, 0.2) is 4.88 Å². The molecule has 0 bridgehead atoms. The maximum atomic E-state index is 13.3. The lowest BCUT2D eigenvalue weighted by atomic mass is 9.25. The fraction of sp³-hybridized carbons (Fsp3) is 0.0909. The van der Waals surface area contributed by atoms with Gasteiger partial charge in [0, 0.05) is 0 Å². The van der Waals surface area contributed by atoms with Crippen LogP contribution in [0.15, 0.2) is 60.8 Å². The number of halogens is 4. The first-order valence-corrected chi connectivity index (χ1v) is 12.3. The molecule has 5 rings (SSSR count). The summed E-state index contributed by atoms with van der Waals surface area (Å²) in [7, 11) is 0. The van der Waals surface area contributed by atoms with Crippen molar-refractivity contribution in [3.05, 3.63) is 79.7 Å². The Morgan fingerprint density at radius 2 is 1.62 bits per heavy atom. The maximum absolute atomic E-state index is 13.3. The summed E-state index contributed by atoms with van der Waals surface area (Å²) in [6.45, 7) is 1.97. The minimum atomic E-state index is -4.43. The minimum Gasteiger partial charge on any atom is -0.477 e. The third-order valence-corrected chi connectivity index (χ3v) is 9.14. The van der Waals surface area contributed by atoms with Gasteiger partial charge >= 0.3 is 18.4 Å². The zero-order valence-corrected chi connectivity index (χ0v) is 20.3. The van der Waals surface area contributed by atoms with Gasteiger partial charge in [0.1, 0.15) is 6.20 Å². The quantitative estimate of drug-likeness (QED) is 0.256. The number of carboxylic acids is 1. The molecule has 1 aliphatic rings. The zero-order valence-electron chi connectivity index (χ0n) is 16.5. The van der Waals surface area contributed by atoms with Gasteiger partial charge in [0.2, 0.25) is 5.01 Å². The van der Waals surface area contributed by atoms with Crippen LogP contribution >= 0.6 is 45.3 Å². The van der Waals surface area contributed by atoms with Crippen LogP contribution in [0.25, 0.3) is 9.88 Å². The number of benzene rings is 2. The van der Waals surface area contributed by atoms with Crippen LogP contribution in [0.5, 0.6) is 0 Å². The molecule has 0 saturated carbocycles. The highest BCUT2D eigenvalue weighted by atomic mass is 127. The lowest BCUT2D eigenvalue weighted by Gasteiger charge is -2.32. The van der Waals surface area contributed by atoms with Crippen LogP contribution in [0.4, 0.5) is 13.2 Å². The van der Waals surface area contributed by atoms with E-state index in [0.29, 0.717) is 5.46 Å². The van der Waals surface area contributed by atoms with E-state index in [0.717, 1.165) is 41.4 Å². The third kappa shape index (κ3) is 3.14. The van der Waals surface area contributed by atoms with Crippen molar-refractivity contribution in [2.45, 2.75) is 13.1 Å². The molecule has 0 radical (unpaired) electrons. The molecule has 10 heteroatoms. The average molecular weight is 583 g/mol. The van der Waals surface area contributed by atoms with Gasteiger partial charge in [-0.3, -0.25) is 0 Å². The average Bonchev–Trinajstić information content (AvgIpc) is 3.39. The van der Waals surface area contributed by atoms with Gasteiger partial charge in [0.25, 0.3) is 0 Å². The molecular weight excluding hydrogens is 569 g/mol. The predicted octanol–water partition coefficient (Wildman–Crippen LogP) is 4.22. The summed E-state index contributed by atoms with van der Waals surface area (Å²) in [5.74, 6) is -1.02. The van der Waals surface area contributed by atoms with Gasteiger partial charge in [-0.2, -0.15) is 13.2 Å². The van der Waals surface area contributed by atoms with Crippen LogP contribution in [0.2, 0.25) is 0 Å². The number of nitrogens with zero attached hydrogens (tertiary/aromatic N) is 1. The highest BCUT2D eigenvalue weighted by Gasteiger charge is 2.52. The molecule has 1 unspecified atom stereocenters. The topological polar surface area (TPSA) is 41.2 Å². The van der Waals surface area contributed by atoms with Crippen LogP contribution in [0, 0.1) is 9.81 Å². The molecule has 3 heterocycles. The van der Waals surface area contributed by atoms with Crippen molar-refractivity contribution >= 4 is 73.9 Å². The van der Waals surface area contributed by atoms with Crippen LogP contribution in [0.1, 0.15) is 20.8 Å². The highest BCUT2D eigenvalue weighted by molar-refractivity contribution is 14.1. The second-order valence-electron chi connectivity index (χ2n) is 7.80. The molecule has 1 aliphatic heterocycles. The van der Waals surface area contributed by atoms with E-state index in [2.05, 4.69) is 28.7 Å². The fourth-order valence-electron chi connectivity index (χ4n) is 4.59. The Bertz CT molecular complexity index is 1360. The Labute approximate surface area is 203 Å². The molecule has 0 aliphatic carbocycles. The molecule has 162 valence electrons. The number of hydrogen-bond donors (Lipinski definition) is 1. The fourth-order valence-corrected chi connectivity index (χ4v) is 7.74. The molecule has 32 heavy (non-hydrogen) atoms. The van der Waals surface area contributed by atoms with Crippen LogP contribution in [0.3, 0.4) is 0 Å². The number of fused-ring (bicyclic) bond motifs is 3. The number of thiophene rings is 1. The van der Waals surface area contributed by atoms with Crippen LogP contribution in [-0.2, 0) is 6.18 Å². The first kappa shape index (κ1) is 21.7. The molecule has 4 aromatic rings. The van der Waals surface area contributed by atoms with E-state index in [4.69, 9.17) is 0 Å². The summed E-state index contributed by atoms with van der Waals surface area (Å²) >= 11 is 5.00. The molecule has 1 atom stereocenters. The molecule has 2 aromatic carbocycles. The molecule has 1 N–H and O–H groups in total. The number of aromatic nitrogens is 1. The standard InChI is InChI=1S/C22H14BF3INO2S2/c1-12-2-6-14(7-3-12)23(15-8-4-13(5-9-15)22(24,25)26)16-10-18(27)32-19(16)20-28(23)11-17(31-20)21(29)30/h2-11H,1H3,(H,29,30). The Balaban J connectivity index is 1.87. The Kier molecular flexibility index (Phi) is 5.03. The minimum absolute atomic E-state index is 0.194. The molecule has 0 amide bonds. The first-order valence-electron chi connectivity index (χ1n) is 9.61. The predicted molar refractivity (Wildman–Crippen MR) is 130 cm³/mol. The monoisotopic (exact) mass is 583 g/mol. The lowest BCUT2D eigenvalue weighted by Crippen LogP contribution is -2.82. The van der Waals surface area contributed by atoms with Gasteiger partial charge < -0.3 is 9.58 Å². The van der Waals surface area contributed by atoms with Crippen molar-refractivity contribution in [2.24, 2.45) is 0 Å². The van der Waals surface area contributed by atoms with E-state index < -0.39 is 24.0 Å². The molecule has 2 aromatic heterocycles. The van der Waals surface area contributed by atoms with Crippen molar-refractivity contribution in [1.29, 1.82) is 0 Å². The van der Waals surface area contributed by atoms with Crippen LogP contribution in [-0.4, -0.2) is 17.4 Å². The van der Waals surface area contributed by atoms with Gasteiger partial charge in [-0.25, -0.2) is 4.79 Å². The largest absolute Gasteiger partial charge is 0.477 e. The molecule has 0 saturated heterocycles. The van der Waals surface area contributed by atoms with Crippen molar-refractivity contribution < 1.29 is 27.6 Å². The van der Waals surface area contributed by atoms with Crippen molar-refractivity contribution in [3.63, 3.8) is 0 Å². The van der Waals surface area contributed by atoms with Gasteiger partial charge in [-0.1, -0.05) is 71.5 Å². The van der Waals surface area contributed by atoms with Gasteiger partial charge in [-0.15, -0.1) is 27.7 Å². The van der Waals surface area contributed by atoms with Gasteiger partial charge in [-0.05, 0) is 29.5 Å². The van der Waals surface area contributed by atoms with E-state index in [-0.39, 0.29) is 4.88 Å². The summed E-state index contributed by atoms with van der Waals surface area (Å²) in [5, 5.41) is 10.5. The second-order valence-corrected chi connectivity index (χ2v) is 11.8. The SMILES string of the molecule is Cc1ccc([B-]2(c3ccc(C(F)(F)F)cc3)c3cc(I)sc3-c3sc(C(=O)O)c[n+]32)cc1. The van der Waals surface area contributed by atoms with Crippen LogP contribution < -0.4 is 20.9 Å². The van der Waals surface area contributed by atoms with Gasteiger partial charge in [0.05, 0.1) is 13.3 Å². The number of carboxylic acid groups (broad SMARTS) is 1. The number of alkyl halides is 3. The number of carbonyl (C=O) groups is 1. The smallest absolute Gasteiger partial charge is 0.416 e. The van der Waals surface area contributed by atoms with E-state index in [1.807, 2.05) is 35.7 Å². The molecule has 0 spiro atoms. The second kappa shape index (κ2) is 7.42. The molecule has 0 fully saturated rings. The maximum Gasteiger partial charge on any atom is 0.416 e. The van der Waals surface area contributed by atoms with E-state index >= 15 is 0 Å². The van der Waals surface area contributed by atoms with E-state index in [9.17, 15) is 23.1 Å². The molecule has 3 nitrogen and oxygen atoms in total. The van der Waals surface area contributed by atoms with Crippen molar-refractivity contribution in [2.75, 3.05) is 0 Å². The third-order valence-electron chi connectivity index (χ3n) is 5.98. The summed E-state index contributed by atoms with van der Waals surface area (Å²) in [5.41, 5.74) is 2.98. The number of aryl methyl sites for hydroxylation is 1. The highest BCUT2D eigenvalue weighted by Crippen LogP contribution is 2.37. The molecular formula is C22H14BF3INO2S2. The van der Waals surface area contributed by atoms with E-state index in [1.54, 1.807) is 17.5 Å². The number of aromatic carboxylic acids is 1. The Hall–Kier alpha value is -2.18. The van der Waals surface area contributed by atoms with E-state index in [1.165, 1.54) is 23.5 Å². The summed E-state index contributed by atoms with van der Waals surface area (Å²) in [4.78, 5) is 12.9. The number of hydrogen-bond acceptors (Lipinski definition) is 3. The first-order chi connectivity index (χ1) is 15.1. The Morgan fingerprint density at radius 1 is 1.03 bits per heavy atom. The lowest BCUT2D eigenvalue weighted by molar-refractivity contribution is -0.518. The zero-order chi connectivity index (χ0) is 22.8. The normalized spacial score (nSPS) is 17.3. The summed E-state index contributed by atoms with van der Waals surface area (Å²) < 4.78 is 42.8. The Morgan fingerprint density at radius 3 is 2.19 bits per heavy atom.